The third-order valence-corrected chi connectivity index (χ3v) is 6.30. The zero-order chi connectivity index (χ0) is 24.9. The molecular formula is C27H22ClNO5S. The van der Waals surface area contributed by atoms with Crippen LogP contribution < -0.4 is 9.47 Å². The number of thioether (sulfide) groups is 1. The molecule has 1 saturated heterocycles. The molecular weight excluding hydrogens is 486 g/mol. The Morgan fingerprint density at radius 1 is 1.03 bits per heavy atom. The minimum Gasteiger partial charge on any atom is -0.490 e. The molecule has 0 bridgehead atoms. The highest BCUT2D eigenvalue weighted by molar-refractivity contribution is 8.18. The van der Waals surface area contributed by atoms with Crippen LogP contribution in [0.1, 0.15) is 34.0 Å². The van der Waals surface area contributed by atoms with Gasteiger partial charge in [0.05, 0.1) is 23.6 Å². The maximum Gasteiger partial charge on any atom is 0.343 e. The number of rotatable bonds is 7. The Morgan fingerprint density at radius 3 is 2.51 bits per heavy atom. The molecule has 178 valence electrons. The van der Waals surface area contributed by atoms with E-state index in [1.807, 2.05) is 38.1 Å². The highest BCUT2D eigenvalue weighted by Crippen LogP contribution is 2.35. The average Bonchev–Trinajstić information content (AvgIpc) is 3.08. The van der Waals surface area contributed by atoms with Crippen LogP contribution in [0.2, 0.25) is 5.02 Å². The summed E-state index contributed by atoms with van der Waals surface area (Å²) in [6, 6.07) is 19.0. The predicted octanol–water partition coefficient (Wildman–Crippen LogP) is 6.50. The van der Waals surface area contributed by atoms with Gasteiger partial charge in [-0.2, -0.15) is 0 Å². The molecule has 4 rings (SSSR count). The first-order valence-electron chi connectivity index (χ1n) is 10.9. The maximum atomic E-state index is 12.9. The fraction of sp³-hybridized carbons (Fsp3) is 0.148. The number of amides is 2. The van der Waals surface area contributed by atoms with Crippen LogP contribution >= 0.6 is 23.4 Å². The summed E-state index contributed by atoms with van der Waals surface area (Å²) in [5.74, 6) is -0.301. The summed E-state index contributed by atoms with van der Waals surface area (Å²) in [4.78, 5) is 39.5. The number of ether oxygens (including phenoxy) is 2. The van der Waals surface area contributed by atoms with Gasteiger partial charge in [0.2, 0.25) is 0 Å². The normalized spacial score (nSPS) is 14.5. The van der Waals surface area contributed by atoms with Crippen molar-refractivity contribution in [3.63, 3.8) is 0 Å². The van der Waals surface area contributed by atoms with Crippen molar-refractivity contribution in [3.05, 3.63) is 98.9 Å². The number of benzene rings is 3. The highest BCUT2D eigenvalue weighted by atomic mass is 35.5. The summed E-state index contributed by atoms with van der Waals surface area (Å²) < 4.78 is 11.2. The minimum atomic E-state index is -0.548. The number of esters is 1. The molecule has 35 heavy (non-hydrogen) atoms. The van der Waals surface area contributed by atoms with E-state index >= 15 is 0 Å². The Labute approximate surface area is 212 Å². The van der Waals surface area contributed by atoms with Gasteiger partial charge >= 0.3 is 5.97 Å². The molecule has 3 aromatic rings. The van der Waals surface area contributed by atoms with E-state index in [9.17, 15) is 14.4 Å². The molecule has 8 heteroatoms. The first-order chi connectivity index (χ1) is 16.8. The highest BCUT2D eigenvalue weighted by Gasteiger charge is 2.35. The Balaban J connectivity index is 1.53. The molecule has 0 atom stereocenters. The van der Waals surface area contributed by atoms with Gasteiger partial charge in [-0.25, -0.2) is 4.79 Å². The van der Waals surface area contributed by atoms with Crippen molar-refractivity contribution in [2.45, 2.75) is 20.4 Å². The molecule has 6 nitrogen and oxygen atoms in total. The van der Waals surface area contributed by atoms with Crippen LogP contribution in [0.5, 0.6) is 11.5 Å². The quantitative estimate of drug-likeness (QED) is 0.206. The number of aryl methyl sites for hydroxylation is 1. The lowest BCUT2D eigenvalue weighted by Gasteiger charge is -2.13. The van der Waals surface area contributed by atoms with Crippen LogP contribution in [0.4, 0.5) is 4.79 Å². The molecule has 2 amide bonds. The Bertz CT molecular complexity index is 1320. The lowest BCUT2D eigenvalue weighted by molar-refractivity contribution is -0.123. The fourth-order valence-corrected chi connectivity index (χ4v) is 4.46. The molecule has 0 N–H and O–H groups in total. The van der Waals surface area contributed by atoms with Crippen molar-refractivity contribution >= 4 is 46.6 Å². The van der Waals surface area contributed by atoms with Gasteiger partial charge < -0.3 is 9.47 Å². The monoisotopic (exact) mass is 507 g/mol. The van der Waals surface area contributed by atoms with Crippen LogP contribution in [0.3, 0.4) is 0 Å². The Kier molecular flexibility index (Phi) is 7.58. The van der Waals surface area contributed by atoms with E-state index in [0.29, 0.717) is 33.4 Å². The first kappa shape index (κ1) is 24.6. The van der Waals surface area contributed by atoms with Gasteiger partial charge in [-0.1, -0.05) is 47.5 Å². The molecule has 1 aliphatic rings. The van der Waals surface area contributed by atoms with E-state index in [1.165, 1.54) is 4.90 Å². The summed E-state index contributed by atoms with van der Waals surface area (Å²) in [6.45, 7) is 4.34. The molecule has 0 aliphatic carbocycles. The predicted molar refractivity (Wildman–Crippen MR) is 137 cm³/mol. The molecule has 1 fully saturated rings. The summed E-state index contributed by atoms with van der Waals surface area (Å²) in [5.41, 5.74) is 2.94. The summed E-state index contributed by atoms with van der Waals surface area (Å²) in [6.07, 6.45) is 1.63. The van der Waals surface area contributed by atoms with Gasteiger partial charge in [0.1, 0.15) is 0 Å². The molecule has 0 unspecified atom stereocenters. The topological polar surface area (TPSA) is 72.9 Å². The van der Waals surface area contributed by atoms with Crippen LogP contribution in [-0.2, 0) is 11.3 Å². The van der Waals surface area contributed by atoms with Gasteiger partial charge in [-0.3, -0.25) is 14.5 Å². The molecule has 1 heterocycles. The third-order valence-electron chi connectivity index (χ3n) is 5.14. The molecule has 3 aromatic carbocycles. The number of carbonyl (C=O) groups excluding carboxylic acids is 3. The number of hydrogen-bond acceptors (Lipinski definition) is 6. The fourth-order valence-electron chi connectivity index (χ4n) is 3.49. The van der Waals surface area contributed by atoms with Gasteiger partial charge in [0, 0.05) is 5.02 Å². The molecule has 0 radical (unpaired) electrons. The number of nitrogens with zero attached hydrogens (tertiary/aromatic N) is 1. The van der Waals surface area contributed by atoms with E-state index < -0.39 is 5.97 Å². The van der Waals surface area contributed by atoms with Gasteiger partial charge in [0.25, 0.3) is 11.1 Å². The van der Waals surface area contributed by atoms with Crippen LogP contribution in [-0.4, -0.2) is 28.6 Å². The lowest BCUT2D eigenvalue weighted by atomic mass is 10.1. The van der Waals surface area contributed by atoms with E-state index in [0.717, 1.165) is 22.9 Å². The van der Waals surface area contributed by atoms with Crippen molar-refractivity contribution in [2.75, 3.05) is 6.61 Å². The van der Waals surface area contributed by atoms with E-state index in [-0.39, 0.29) is 23.4 Å². The number of imide groups is 1. The second-order valence-electron chi connectivity index (χ2n) is 7.79. The van der Waals surface area contributed by atoms with E-state index in [4.69, 9.17) is 21.1 Å². The minimum absolute atomic E-state index is 0.216. The van der Waals surface area contributed by atoms with E-state index in [1.54, 1.807) is 48.5 Å². The number of hydrogen-bond donors (Lipinski definition) is 0. The lowest BCUT2D eigenvalue weighted by Crippen LogP contribution is -2.27. The number of carbonyl (C=O) groups is 3. The summed E-state index contributed by atoms with van der Waals surface area (Å²) in [5, 5.41) is 0.200. The Hall–Kier alpha value is -3.55. The van der Waals surface area contributed by atoms with Crippen LogP contribution in [0, 0.1) is 6.92 Å². The van der Waals surface area contributed by atoms with Crippen LogP contribution in [0.25, 0.3) is 6.08 Å². The van der Waals surface area contributed by atoms with Gasteiger partial charge in [-0.15, -0.1) is 0 Å². The second-order valence-corrected chi connectivity index (χ2v) is 9.22. The molecule has 0 saturated carbocycles. The standard InChI is InChI=1S/C27H22ClNO5S/c1-3-33-23-14-18(7-12-22(23)34-26(31)20-8-10-21(28)11-9-20)15-24-25(30)29(27(32)35-24)16-19-6-4-5-17(2)13-19/h4-15H,3,16H2,1-2H3/b24-15-. The second kappa shape index (κ2) is 10.8. The van der Waals surface area contributed by atoms with Crippen molar-refractivity contribution < 1.29 is 23.9 Å². The van der Waals surface area contributed by atoms with E-state index in [2.05, 4.69) is 0 Å². The summed E-state index contributed by atoms with van der Waals surface area (Å²) >= 11 is 6.77. The molecule has 0 spiro atoms. The van der Waals surface area contributed by atoms with Gasteiger partial charge in [0.15, 0.2) is 11.5 Å². The maximum absolute atomic E-state index is 12.9. The zero-order valence-corrected chi connectivity index (χ0v) is 20.7. The van der Waals surface area contributed by atoms with Crippen molar-refractivity contribution in [1.82, 2.24) is 4.90 Å². The van der Waals surface area contributed by atoms with Crippen LogP contribution in [0.15, 0.2) is 71.6 Å². The smallest absolute Gasteiger partial charge is 0.343 e. The molecule has 1 aliphatic heterocycles. The first-order valence-corrected chi connectivity index (χ1v) is 12.1. The zero-order valence-electron chi connectivity index (χ0n) is 19.1. The average molecular weight is 508 g/mol. The summed E-state index contributed by atoms with van der Waals surface area (Å²) in [7, 11) is 0. The van der Waals surface area contributed by atoms with Crippen molar-refractivity contribution in [2.24, 2.45) is 0 Å². The third kappa shape index (κ3) is 5.93. The van der Waals surface area contributed by atoms with Crippen molar-refractivity contribution in [3.8, 4) is 11.5 Å². The number of halogens is 1. The Morgan fingerprint density at radius 2 is 1.80 bits per heavy atom. The largest absolute Gasteiger partial charge is 0.490 e. The van der Waals surface area contributed by atoms with Crippen molar-refractivity contribution in [1.29, 1.82) is 0 Å². The SMILES string of the molecule is CCOc1cc(/C=C2\SC(=O)N(Cc3cccc(C)c3)C2=O)ccc1OC(=O)c1ccc(Cl)cc1. The molecule has 0 aromatic heterocycles. The van der Waals surface area contributed by atoms with Gasteiger partial charge in [-0.05, 0) is 79.2 Å².